The molecule has 0 aliphatic heterocycles. The molecular weight excluding hydrogens is 508 g/mol. The van der Waals surface area contributed by atoms with Gasteiger partial charge in [0, 0.05) is 22.6 Å². The molecule has 7 nitrogen and oxygen atoms in total. The monoisotopic (exact) mass is 542 g/mol. The molecule has 1 amide bonds. The largest absolute Gasteiger partial charge is 0.318 e. The van der Waals surface area contributed by atoms with Crippen molar-refractivity contribution in [1.29, 1.82) is 0 Å². The van der Waals surface area contributed by atoms with Crippen LogP contribution in [0.5, 0.6) is 0 Å². The Labute approximate surface area is 230 Å². The molecule has 0 bridgehead atoms. The van der Waals surface area contributed by atoms with Crippen molar-refractivity contribution in [2.24, 2.45) is 5.10 Å². The fourth-order valence-electron chi connectivity index (χ4n) is 4.44. The number of hydrogen-bond acceptors (Lipinski definition) is 4. The van der Waals surface area contributed by atoms with E-state index in [0.717, 1.165) is 38.1 Å². The Hall–Kier alpha value is -4.17. The first-order chi connectivity index (χ1) is 18.5. The van der Waals surface area contributed by atoms with Gasteiger partial charge in [0.2, 0.25) is 0 Å². The lowest BCUT2D eigenvalue weighted by molar-refractivity contribution is -0.119. The summed E-state index contributed by atoms with van der Waals surface area (Å²) in [7, 11) is -3.99. The van der Waals surface area contributed by atoms with Crippen LogP contribution in [0.4, 0.5) is 5.69 Å². The molecule has 0 unspecified atom stereocenters. The van der Waals surface area contributed by atoms with Crippen molar-refractivity contribution in [3.63, 3.8) is 0 Å². The molecule has 3 aromatic carbocycles. The van der Waals surface area contributed by atoms with Crippen LogP contribution in [-0.4, -0.2) is 31.7 Å². The van der Waals surface area contributed by atoms with Crippen molar-refractivity contribution < 1.29 is 13.2 Å². The van der Waals surface area contributed by atoms with Gasteiger partial charge >= 0.3 is 0 Å². The minimum absolute atomic E-state index is 0.110. The maximum Gasteiger partial charge on any atom is 0.264 e. The number of aryl methyl sites for hydroxylation is 5. The van der Waals surface area contributed by atoms with Crippen molar-refractivity contribution in [2.75, 3.05) is 10.8 Å². The summed E-state index contributed by atoms with van der Waals surface area (Å²) in [5.74, 6) is -0.549. The Kier molecular flexibility index (Phi) is 8.06. The van der Waals surface area contributed by atoms with Gasteiger partial charge in [-0.25, -0.2) is 13.8 Å². The van der Waals surface area contributed by atoms with Gasteiger partial charge in [0.15, 0.2) is 0 Å². The highest BCUT2D eigenvalue weighted by Gasteiger charge is 2.27. The molecule has 202 valence electrons. The maximum absolute atomic E-state index is 13.5. The number of nitrogens with one attached hydrogen (secondary N) is 1. The van der Waals surface area contributed by atoms with Crippen LogP contribution in [0.15, 0.2) is 82.8 Å². The molecule has 0 radical (unpaired) electrons. The summed E-state index contributed by atoms with van der Waals surface area (Å²) < 4.78 is 30.3. The molecule has 1 aromatic heterocycles. The van der Waals surface area contributed by atoms with E-state index in [1.54, 1.807) is 36.5 Å². The minimum atomic E-state index is -3.99. The molecule has 0 saturated heterocycles. The van der Waals surface area contributed by atoms with Gasteiger partial charge < -0.3 is 4.57 Å². The summed E-state index contributed by atoms with van der Waals surface area (Å²) in [5.41, 5.74) is 11.3. The normalized spacial score (nSPS) is 11.6. The molecular formula is C31H34N4O3S. The summed E-state index contributed by atoms with van der Waals surface area (Å²) in [4.78, 5) is 13.1. The summed E-state index contributed by atoms with van der Waals surface area (Å²) in [5, 5.41) is 4.16. The fraction of sp³-hybridized carbons (Fsp3) is 0.226. The van der Waals surface area contributed by atoms with Crippen LogP contribution in [0.25, 0.3) is 5.69 Å². The van der Waals surface area contributed by atoms with E-state index in [9.17, 15) is 13.2 Å². The van der Waals surface area contributed by atoms with E-state index >= 15 is 0 Å². The number of nitrogens with zero attached hydrogens (tertiary/aromatic N) is 3. The molecule has 0 atom stereocenters. The van der Waals surface area contributed by atoms with E-state index in [1.165, 1.54) is 23.3 Å². The molecule has 39 heavy (non-hydrogen) atoms. The van der Waals surface area contributed by atoms with Crippen LogP contribution >= 0.6 is 0 Å². The highest BCUT2D eigenvalue weighted by molar-refractivity contribution is 7.92. The van der Waals surface area contributed by atoms with Crippen LogP contribution in [0, 0.1) is 41.5 Å². The van der Waals surface area contributed by atoms with Crippen molar-refractivity contribution >= 4 is 27.8 Å². The van der Waals surface area contributed by atoms with Gasteiger partial charge in [0.25, 0.3) is 15.9 Å². The highest BCUT2D eigenvalue weighted by atomic mass is 32.2. The third-order valence-electron chi connectivity index (χ3n) is 7.01. The highest BCUT2D eigenvalue weighted by Crippen LogP contribution is 2.26. The number of carbonyl (C=O) groups excluding carboxylic acids is 1. The summed E-state index contributed by atoms with van der Waals surface area (Å²) in [6, 6.07) is 21.8. The second-order valence-corrected chi connectivity index (χ2v) is 11.7. The van der Waals surface area contributed by atoms with Crippen molar-refractivity contribution in [3.8, 4) is 5.69 Å². The molecule has 0 aliphatic rings. The topological polar surface area (TPSA) is 83.8 Å². The SMILES string of the molecule is Cc1ccc(N(CC(=O)N/N=C/c2cc(C)n(-c3ccc(C)c(C)c3)c2C)S(=O)(=O)c2ccccc2)cc1C. The first-order valence-electron chi connectivity index (χ1n) is 12.7. The number of hydrogen-bond donors (Lipinski definition) is 1. The van der Waals surface area contributed by atoms with Gasteiger partial charge in [0.1, 0.15) is 6.54 Å². The minimum Gasteiger partial charge on any atom is -0.318 e. The number of aromatic nitrogens is 1. The molecule has 0 fully saturated rings. The Morgan fingerprint density at radius 1 is 0.846 bits per heavy atom. The lowest BCUT2D eigenvalue weighted by Gasteiger charge is -2.24. The first-order valence-corrected chi connectivity index (χ1v) is 14.2. The van der Waals surface area contributed by atoms with E-state index < -0.39 is 22.5 Å². The summed E-state index contributed by atoms with van der Waals surface area (Å²) in [6.45, 7) is 11.6. The third-order valence-corrected chi connectivity index (χ3v) is 8.80. The number of hydrazone groups is 1. The maximum atomic E-state index is 13.5. The number of benzene rings is 3. The van der Waals surface area contributed by atoms with Crippen LogP contribution in [-0.2, 0) is 14.8 Å². The van der Waals surface area contributed by atoms with Crippen LogP contribution < -0.4 is 9.73 Å². The van der Waals surface area contributed by atoms with Gasteiger partial charge in [0.05, 0.1) is 16.8 Å². The molecule has 0 spiro atoms. The molecule has 1 N–H and O–H groups in total. The van der Waals surface area contributed by atoms with E-state index in [1.807, 2.05) is 39.8 Å². The fourth-order valence-corrected chi connectivity index (χ4v) is 5.87. The second-order valence-electron chi connectivity index (χ2n) is 9.82. The Morgan fingerprint density at radius 3 is 2.13 bits per heavy atom. The van der Waals surface area contributed by atoms with Crippen molar-refractivity contribution in [3.05, 3.63) is 112 Å². The van der Waals surface area contributed by atoms with Gasteiger partial charge in [-0.2, -0.15) is 5.10 Å². The van der Waals surface area contributed by atoms with E-state index in [4.69, 9.17) is 0 Å². The van der Waals surface area contributed by atoms with Gasteiger partial charge in [-0.05, 0) is 106 Å². The Morgan fingerprint density at radius 2 is 1.49 bits per heavy atom. The average Bonchev–Trinajstić information content (AvgIpc) is 3.19. The predicted octanol–water partition coefficient (Wildman–Crippen LogP) is 5.67. The number of amides is 1. The number of sulfonamides is 1. The quantitative estimate of drug-likeness (QED) is 0.230. The molecule has 1 heterocycles. The van der Waals surface area contributed by atoms with Crippen LogP contribution in [0.2, 0.25) is 0 Å². The Balaban J connectivity index is 1.56. The zero-order valence-electron chi connectivity index (χ0n) is 23.2. The second kappa shape index (κ2) is 11.3. The van der Waals surface area contributed by atoms with Gasteiger partial charge in [-0.1, -0.05) is 30.3 Å². The van der Waals surface area contributed by atoms with E-state index in [2.05, 4.69) is 47.1 Å². The van der Waals surface area contributed by atoms with Gasteiger partial charge in [-0.15, -0.1) is 0 Å². The third kappa shape index (κ3) is 5.96. The van der Waals surface area contributed by atoms with Crippen LogP contribution in [0.3, 0.4) is 0 Å². The number of anilines is 1. The molecule has 0 saturated carbocycles. The Bertz CT molecular complexity index is 1650. The first kappa shape index (κ1) is 27.9. The zero-order valence-corrected chi connectivity index (χ0v) is 24.0. The van der Waals surface area contributed by atoms with Crippen molar-refractivity contribution in [2.45, 2.75) is 46.4 Å². The van der Waals surface area contributed by atoms with Gasteiger partial charge in [-0.3, -0.25) is 9.10 Å². The lowest BCUT2D eigenvalue weighted by Crippen LogP contribution is -2.39. The number of carbonyl (C=O) groups is 1. The van der Waals surface area contributed by atoms with Crippen LogP contribution in [0.1, 0.15) is 39.2 Å². The molecule has 8 heteroatoms. The summed E-state index contributed by atoms with van der Waals surface area (Å²) >= 11 is 0. The predicted molar refractivity (Wildman–Crippen MR) is 157 cm³/mol. The zero-order chi connectivity index (χ0) is 28.3. The molecule has 0 aliphatic carbocycles. The molecule has 4 rings (SSSR count). The van der Waals surface area contributed by atoms with Crippen molar-refractivity contribution in [1.82, 2.24) is 9.99 Å². The number of rotatable bonds is 8. The average molecular weight is 543 g/mol. The smallest absolute Gasteiger partial charge is 0.264 e. The van der Waals surface area contributed by atoms with E-state index in [0.29, 0.717) is 5.69 Å². The summed E-state index contributed by atoms with van der Waals surface area (Å²) in [6.07, 6.45) is 1.59. The van der Waals surface area contributed by atoms with E-state index in [-0.39, 0.29) is 4.90 Å². The lowest BCUT2D eigenvalue weighted by atomic mass is 10.1. The standard InChI is InChI=1S/C31H34N4O3S/c1-21-12-14-28(16-23(21)3)34(39(37,38)30-10-8-7-9-11-30)20-31(36)33-32-19-27-18-25(5)35(26(27)6)29-15-13-22(2)24(4)17-29/h7-19H,20H2,1-6H3,(H,33,36)/b32-19+. The molecule has 4 aromatic rings.